The average molecular weight is 265 g/mol. The van der Waals surface area contributed by atoms with Crippen LogP contribution < -0.4 is 4.74 Å². The fraction of sp³-hybridized carbons (Fsp3) is 0.0833. The van der Waals surface area contributed by atoms with Crippen molar-refractivity contribution in [2.75, 3.05) is 0 Å². The Morgan fingerprint density at radius 3 is 2.78 bits per heavy atom. The van der Waals surface area contributed by atoms with Gasteiger partial charge in [-0.25, -0.2) is 4.98 Å². The van der Waals surface area contributed by atoms with Crippen LogP contribution in [0.25, 0.3) is 0 Å². The number of nitrogens with zero attached hydrogens (tertiary/aromatic N) is 2. The Morgan fingerprint density at radius 2 is 2.11 bits per heavy atom. The number of hydrogen-bond acceptors (Lipinski definition) is 4. The van der Waals surface area contributed by atoms with Crippen LogP contribution in [-0.2, 0) is 0 Å². The molecule has 0 saturated carbocycles. The molecule has 0 fully saturated rings. The molecule has 0 N–H and O–H groups in total. The molecule has 18 heavy (non-hydrogen) atoms. The smallest absolute Gasteiger partial charge is 0.277 e. The standard InChI is InChI=1S/C12H9ClN2O3/c1-8-3-2-4-10(5-8)18-12-7-9(15(16)17)6-11(13)14-12/h2-7H,1H3. The molecule has 0 atom stereocenters. The lowest BCUT2D eigenvalue weighted by Gasteiger charge is -2.05. The van der Waals surface area contributed by atoms with Crippen molar-refractivity contribution >= 4 is 17.3 Å². The van der Waals surface area contributed by atoms with Crippen LogP contribution in [0, 0.1) is 17.0 Å². The lowest BCUT2D eigenvalue weighted by molar-refractivity contribution is -0.385. The van der Waals surface area contributed by atoms with E-state index in [9.17, 15) is 10.1 Å². The molecule has 1 aromatic heterocycles. The fourth-order valence-electron chi connectivity index (χ4n) is 1.42. The lowest BCUT2D eigenvalue weighted by Crippen LogP contribution is -1.93. The van der Waals surface area contributed by atoms with E-state index in [0.717, 1.165) is 5.56 Å². The Hall–Kier alpha value is -2.14. The highest BCUT2D eigenvalue weighted by Crippen LogP contribution is 2.26. The highest BCUT2D eigenvalue weighted by Gasteiger charge is 2.11. The zero-order chi connectivity index (χ0) is 13.1. The van der Waals surface area contributed by atoms with Gasteiger partial charge in [0.2, 0.25) is 5.88 Å². The Bertz CT molecular complexity index is 602. The van der Waals surface area contributed by atoms with E-state index < -0.39 is 4.92 Å². The summed E-state index contributed by atoms with van der Waals surface area (Å²) in [6.45, 7) is 1.92. The Kier molecular flexibility index (Phi) is 3.43. The SMILES string of the molecule is Cc1cccc(Oc2cc([N+](=O)[O-])cc(Cl)n2)c1. The summed E-state index contributed by atoms with van der Waals surface area (Å²) in [6, 6.07) is 9.68. The highest BCUT2D eigenvalue weighted by atomic mass is 35.5. The molecule has 5 nitrogen and oxygen atoms in total. The number of pyridine rings is 1. The van der Waals surface area contributed by atoms with Gasteiger partial charge in [0, 0.05) is 0 Å². The predicted octanol–water partition coefficient (Wildman–Crippen LogP) is 3.74. The maximum atomic E-state index is 10.7. The number of nitro groups is 1. The van der Waals surface area contributed by atoms with Crippen molar-refractivity contribution in [3.05, 3.63) is 57.2 Å². The van der Waals surface area contributed by atoms with Crippen LogP contribution in [0.2, 0.25) is 5.15 Å². The van der Waals surface area contributed by atoms with Gasteiger partial charge in [-0.3, -0.25) is 10.1 Å². The molecule has 0 saturated heterocycles. The first-order valence-corrected chi connectivity index (χ1v) is 5.49. The molecular weight excluding hydrogens is 256 g/mol. The molecule has 0 aliphatic heterocycles. The van der Waals surface area contributed by atoms with Crippen molar-refractivity contribution in [2.24, 2.45) is 0 Å². The van der Waals surface area contributed by atoms with Gasteiger partial charge in [0.05, 0.1) is 17.1 Å². The minimum atomic E-state index is -0.545. The van der Waals surface area contributed by atoms with Gasteiger partial charge >= 0.3 is 0 Å². The monoisotopic (exact) mass is 264 g/mol. The van der Waals surface area contributed by atoms with Gasteiger partial charge in [0.15, 0.2) is 0 Å². The summed E-state index contributed by atoms with van der Waals surface area (Å²) in [6.07, 6.45) is 0. The number of halogens is 1. The molecule has 0 aliphatic carbocycles. The van der Waals surface area contributed by atoms with E-state index in [2.05, 4.69) is 4.98 Å². The fourth-order valence-corrected chi connectivity index (χ4v) is 1.61. The summed E-state index contributed by atoms with van der Waals surface area (Å²) in [5, 5.41) is 10.7. The molecule has 2 aromatic rings. The zero-order valence-electron chi connectivity index (χ0n) is 9.46. The average Bonchev–Trinajstić information content (AvgIpc) is 2.28. The number of benzene rings is 1. The van der Waals surface area contributed by atoms with Gasteiger partial charge in [0.25, 0.3) is 5.69 Å². The third-order valence-electron chi connectivity index (χ3n) is 2.18. The van der Waals surface area contributed by atoms with Gasteiger partial charge in [0.1, 0.15) is 10.9 Å². The van der Waals surface area contributed by atoms with Crippen molar-refractivity contribution in [3.63, 3.8) is 0 Å². The molecule has 2 rings (SSSR count). The predicted molar refractivity (Wildman–Crippen MR) is 67.2 cm³/mol. The van der Waals surface area contributed by atoms with Crippen LogP contribution in [0.4, 0.5) is 5.69 Å². The van der Waals surface area contributed by atoms with Crippen molar-refractivity contribution in [1.29, 1.82) is 0 Å². The second-order valence-corrected chi connectivity index (χ2v) is 4.05. The molecule has 1 aromatic carbocycles. The largest absolute Gasteiger partial charge is 0.439 e. The van der Waals surface area contributed by atoms with Crippen LogP contribution in [0.3, 0.4) is 0 Å². The molecule has 6 heteroatoms. The molecule has 0 unspecified atom stereocenters. The van der Waals surface area contributed by atoms with Crippen molar-refractivity contribution in [2.45, 2.75) is 6.92 Å². The van der Waals surface area contributed by atoms with Gasteiger partial charge in [-0.15, -0.1) is 0 Å². The van der Waals surface area contributed by atoms with Crippen LogP contribution in [-0.4, -0.2) is 9.91 Å². The molecule has 92 valence electrons. The van der Waals surface area contributed by atoms with E-state index in [1.54, 1.807) is 12.1 Å². The second kappa shape index (κ2) is 5.01. The Balaban J connectivity index is 2.31. The molecule has 0 bridgehead atoms. The van der Waals surface area contributed by atoms with E-state index in [1.165, 1.54) is 12.1 Å². The van der Waals surface area contributed by atoms with E-state index in [4.69, 9.17) is 16.3 Å². The first-order valence-electron chi connectivity index (χ1n) is 5.11. The molecule has 0 amide bonds. The van der Waals surface area contributed by atoms with Crippen molar-refractivity contribution < 1.29 is 9.66 Å². The van der Waals surface area contributed by atoms with E-state index in [0.29, 0.717) is 5.75 Å². The third-order valence-corrected chi connectivity index (χ3v) is 2.37. The van der Waals surface area contributed by atoms with E-state index in [1.807, 2.05) is 19.1 Å². The number of hydrogen-bond donors (Lipinski definition) is 0. The van der Waals surface area contributed by atoms with Crippen LogP contribution in [0.5, 0.6) is 11.6 Å². The van der Waals surface area contributed by atoms with Crippen LogP contribution in [0.15, 0.2) is 36.4 Å². The third kappa shape index (κ3) is 2.95. The minimum Gasteiger partial charge on any atom is -0.439 e. The molecule has 0 radical (unpaired) electrons. The van der Waals surface area contributed by atoms with Crippen molar-refractivity contribution in [1.82, 2.24) is 4.98 Å². The molecule has 0 aliphatic rings. The Labute approximate surface area is 108 Å². The summed E-state index contributed by atoms with van der Waals surface area (Å²) in [5.74, 6) is 0.652. The van der Waals surface area contributed by atoms with Gasteiger partial charge in [-0.2, -0.15) is 0 Å². The maximum absolute atomic E-state index is 10.7. The summed E-state index contributed by atoms with van der Waals surface area (Å²) in [5.41, 5.74) is 0.863. The maximum Gasteiger partial charge on any atom is 0.277 e. The minimum absolute atomic E-state index is 0.0202. The normalized spacial score (nSPS) is 10.1. The van der Waals surface area contributed by atoms with Gasteiger partial charge in [-0.1, -0.05) is 23.7 Å². The van der Waals surface area contributed by atoms with Crippen LogP contribution >= 0.6 is 11.6 Å². The summed E-state index contributed by atoms with van der Waals surface area (Å²) in [4.78, 5) is 14.0. The first kappa shape index (κ1) is 12.3. The first-order chi connectivity index (χ1) is 8.54. The topological polar surface area (TPSA) is 65.3 Å². The summed E-state index contributed by atoms with van der Waals surface area (Å²) < 4.78 is 5.43. The number of ether oxygens (including phenoxy) is 1. The quantitative estimate of drug-likeness (QED) is 0.481. The molecule has 0 spiro atoms. The number of aromatic nitrogens is 1. The van der Waals surface area contributed by atoms with Gasteiger partial charge in [-0.05, 0) is 24.6 Å². The highest BCUT2D eigenvalue weighted by molar-refractivity contribution is 6.29. The molecule has 1 heterocycles. The number of rotatable bonds is 3. The zero-order valence-corrected chi connectivity index (χ0v) is 10.2. The Morgan fingerprint density at radius 1 is 1.33 bits per heavy atom. The van der Waals surface area contributed by atoms with E-state index >= 15 is 0 Å². The van der Waals surface area contributed by atoms with Crippen molar-refractivity contribution in [3.8, 4) is 11.6 Å². The van der Waals surface area contributed by atoms with E-state index in [-0.39, 0.29) is 16.7 Å². The van der Waals surface area contributed by atoms with Crippen LogP contribution in [0.1, 0.15) is 5.56 Å². The second-order valence-electron chi connectivity index (χ2n) is 3.66. The summed E-state index contributed by atoms with van der Waals surface area (Å²) >= 11 is 5.70. The number of aryl methyl sites for hydroxylation is 1. The molecular formula is C12H9ClN2O3. The lowest BCUT2D eigenvalue weighted by atomic mass is 10.2. The van der Waals surface area contributed by atoms with Gasteiger partial charge < -0.3 is 4.74 Å². The summed E-state index contributed by atoms with van der Waals surface area (Å²) in [7, 11) is 0.